The van der Waals surface area contributed by atoms with Gasteiger partial charge in [-0.3, -0.25) is 10.1 Å². The van der Waals surface area contributed by atoms with Crippen LogP contribution >= 0.6 is 0 Å². The summed E-state index contributed by atoms with van der Waals surface area (Å²) in [4.78, 5) is 16.3. The molecule has 0 aliphatic heterocycles. The minimum Gasteiger partial charge on any atom is -0.463 e. The molecule has 5 nitrogen and oxygen atoms in total. The van der Waals surface area contributed by atoms with Crippen LogP contribution < -0.4 is 5.32 Å². The van der Waals surface area contributed by atoms with Crippen LogP contribution in [0, 0.1) is 0 Å². The van der Waals surface area contributed by atoms with E-state index in [1.54, 1.807) is 0 Å². The van der Waals surface area contributed by atoms with Crippen LogP contribution in [0.15, 0.2) is 29.3 Å². The van der Waals surface area contributed by atoms with E-state index in [9.17, 15) is 18.0 Å². The van der Waals surface area contributed by atoms with Crippen molar-refractivity contribution < 1.29 is 27.4 Å². The lowest BCUT2D eigenvalue weighted by Gasteiger charge is -2.12. The summed E-state index contributed by atoms with van der Waals surface area (Å²) in [5, 5.41) is 2.41. The number of methoxy groups -OCH3 is 1. The summed E-state index contributed by atoms with van der Waals surface area (Å²) in [6.07, 6.45) is -1.68. The van der Waals surface area contributed by atoms with E-state index in [2.05, 4.69) is 17.2 Å². The van der Waals surface area contributed by atoms with Gasteiger partial charge in [0.1, 0.15) is 6.61 Å². The van der Waals surface area contributed by atoms with Crippen molar-refractivity contribution in [1.82, 2.24) is 5.32 Å². The number of amides is 1. The predicted molar refractivity (Wildman–Crippen MR) is 88.6 cm³/mol. The van der Waals surface area contributed by atoms with Crippen LogP contribution in [0.25, 0.3) is 0 Å². The molecule has 8 heteroatoms. The van der Waals surface area contributed by atoms with Crippen LogP contribution in [0.1, 0.15) is 42.1 Å². The monoisotopic (exact) mass is 360 g/mol. The molecule has 0 saturated carbocycles. The Morgan fingerprint density at radius 3 is 2.64 bits per heavy atom. The number of ether oxygens (including phenoxy) is 2. The summed E-state index contributed by atoms with van der Waals surface area (Å²) in [6.45, 7) is 2.98. The third-order valence-electron chi connectivity index (χ3n) is 3.22. The number of halogens is 3. The normalized spacial score (nSPS) is 12.1. The average molecular weight is 360 g/mol. The van der Waals surface area contributed by atoms with E-state index >= 15 is 0 Å². The fraction of sp³-hybridized carbons (Fsp3) is 0.529. The van der Waals surface area contributed by atoms with Crippen LogP contribution in [-0.2, 0) is 15.7 Å². The third-order valence-corrected chi connectivity index (χ3v) is 3.22. The van der Waals surface area contributed by atoms with Crippen molar-refractivity contribution in [2.45, 2.75) is 32.4 Å². The van der Waals surface area contributed by atoms with Gasteiger partial charge >= 0.3 is 6.18 Å². The van der Waals surface area contributed by atoms with Crippen LogP contribution in [0.4, 0.5) is 13.2 Å². The van der Waals surface area contributed by atoms with E-state index in [1.807, 2.05) is 0 Å². The minimum absolute atomic E-state index is 0.0180. The third kappa shape index (κ3) is 8.02. The summed E-state index contributed by atoms with van der Waals surface area (Å²) in [6, 6.07) is 4.16. The standard InChI is InChI=1S/C17H23F3N2O3/c1-3-4-5-9-21-16(25-11-10-24-2)22-15(23)13-7-6-8-14(12-13)17(18,19)20/h6-8,12H,3-5,9-11H2,1-2H3,(H,21,22,23). The lowest BCUT2D eigenvalue weighted by Crippen LogP contribution is -2.33. The molecule has 140 valence electrons. The highest BCUT2D eigenvalue weighted by atomic mass is 19.4. The number of carbonyl (C=O) groups is 1. The lowest BCUT2D eigenvalue weighted by atomic mass is 10.1. The number of benzene rings is 1. The van der Waals surface area contributed by atoms with Crippen molar-refractivity contribution in [1.29, 1.82) is 0 Å². The van der Waals surface area contributed by atoms with Crippen molar-refractivity contribution in [3.8, 4) is 0 Å². The molecule has 0 bridgehead atoms. The highest BCUT2D eigenvalue weighted by Gasteiger charge is 2.31. The molecule has 0 heterocycles. The molecule has 1 rings (SSSR count). The van der Waals surface area contributed by atoms with Gasteiger partial charge in [-0.05, 0) is 24.6 Å². The average Bonchev–Trinajstić information content (AvgIpc) is 2.58. The highest BCUT2D eigenvalue weighted by Crippen LogP contribution is 2.29. The molecule has 0 unspecified atom stereocenters. The number of unbranched alkanes of at least 4 members (excludes halogenated alkanes) is 2. The zero-order valence-electron chi connectivity index (χ0n) is 14.4. The molecule has 0 atom stereocenters. The van der Waals surface area contributed by atoms with Gasteiger partial charge in [0.15, 0.2) is 0 Å². The minimum atomic E-state index is -4.51. The number of amidine groups is 1. The van der Waals surface area contributed by atoms with Gasteiger partial charge in [-0.2, -0.15) is 13.2 Å². The highest BCUT2D eigenvalue weighted by molar-refractivity contribution is 6.04. The summed E-state index contributed by atoms with van der Waals surface area (Å²) in [5.41, 5.74) is -1.01. The Balaban J connectivity index is 2.79. The summed E-state index contributed by atoms with van der Waals surface area (Å²) >= 11 is 0. The van der Waals surface area contributed by atoms with Crippen LogP contribution in [0.2, 0.25) is 0 Å². The molecule has 1 N–H and O–H groups in total. The summed E-state index contributed by atoms with van der Waals surface area (Å²) in [5.74, 6) is -0.710. The number of hydrogen-bond donors (Lipinski definition) is 1. The summed E-state index contributed by atoms with van der Waals surface area (Å²) < 4.78 is 48.4. The molecular weight excluding hydrogens is 337 g/mol. The number of alkyl halides is 3. The van der Waals surface area contributed by atoms with E-state index in [0.29, 0.717) is 13.2 Å². The number of carbonyl (C=O) groups excluding carboxylic acids is 1. The van der Waals surface area contributed by atoms with E-state index in [0.717, 1.165) is 31.4 Å². The molecule has 0 spiro atoms. The van der Waals surface area contributed by atoms with Gasteiger partial charge in [-0.1, -0.05) is 25.8 Å². The van der Waals surface area contributed by atoms with Gasteiger partial charge in [0.05, 0.1) is 12.2 Å². The molecule has 1 aromatic carbocycles. The first-order valence-electron chi connectivity index (χ1n) is 8.03. The molecule has 1 amide bonds. The Labute approximate surface area is 145 Å². The first-order valence-corrected chi connectivity index (χ1v) is 8.03. The molecule has 0 aromatic heterocycles. The second-order valence-corrected chi connectivity index (χ2v) is 5.27. The van der Waals surface area contributed by atoms with Crippen LogP contribution in [-0.4, -0.2) is 38.8 Å². The number of rotatable bonds is 8. The first-order chi connectivity index (χ1) is 11.9. The molecule has 1 aromatic rings. The molecule has 0 saturated heterocycles. The maximum atomic E-state index is 12.7. The van der Waals surface area contributed by atoms with Crippen molar-refractivity contribution in [3.63, 3.8) is 0 Å². The van der Waals surface area contributed by atoms with Crippen LogP contribution in [0.5, 0.6) is 0 Å². The number of nitrogens with one attached hydrogen (secondary N) is 1. The van der Waals surface area contributed by atoms with E-state index in [1.165, 1.54) is 19.2 Å². The Hall–Kier alpha value is -2.09. The van der Waals surface area contributed by atoms with Crippen molar-refractivity contribution >= 4 is 11.9 Å². The largest absolute Gasteiger partial charge is 0.463 e. The zero-order chi connectivity index (χ0) is 18.7. The fourth-order valence-corrected chi connectivity index (χ4v) is 1.89. The quantitative estimate of drug-likeness (QED) is 0.437. The topological polar surface area (TPSA) is 59.9 Å². The van der Waals surface area contributed by atoms with Gasteiger partial charge in [0, 0.05) is 19.2 Å². The number of hydrogen-bond acceptors (Lipinski definition) is 4. The lowest BCUT2D eigenvalue weighted by molar-refractivity contribution is -0.137. The summed E-state index contributed by atoms with van der Waals surface area (Å²) in [7, 11) is 1.50. The Morgan fingerprint density at radius 1 is 1.24 bits per heavy atom. The van der Waals surface area contributed by atoms with E-state index in [4.69, 9.17) is 9.47 Å². The second-order valence-electron chi connectivity index (χ2n) is 5.27. The van der Waals surface area contributed by atoms with Gasteiger partial charge in [-0.25, -0.2) is 4.99 Å². The van der Waals surface area contributed by atoms with E-state index < -0.39 is 17.6 Å². The molecular formula is C17H23F3N2O3. The van der Waals surface area contributed by atoms with Crippen molar-refractivity contribution in [2.75, 3.05) is 26.9 Å². The molecule has 0 fully saturated rings. The zero-order valence-corrected chi connectivity index (χ0v) is 14.4. The molecule has 0 radical (unpaired) electrons. The smallest absolute Gasteiger partial charge is 0.416 e. The molecule has 0 aliphatic rings. The SMILES string of the molecule is CCCCCN=C(NC(=O)c1cccc(C(F)(F)F)c1)OCCOC. The van der Waals surface area contributed by atoms with Gasteiger partial charge in [0.25, 0.3) is 11.9 Å². The van der Waals surface area contributed by atoms with E-state index in [-0.39, 0.29) is 18.2 Å². The second kappa shape index (κ2) is 10.7. The Morgan fingerprint density at radius 2 is 2.00 bits per heavy atom. The number of aliphatic imine (C=N–C) groups is 1. The molecule has 25 heavy (non-hydrogen) atoms. The first kappa shape index (κ1) is 21.0. The Bertz CT molecular complexity index is 575. The number of nitrogens with zero attached hydrogens (tertiary/aromatic N) is 1. The maximum Gasteiger partial charge on any atom is 0.416 e. The fourth-order valence-electron chi connectivity index (χ4n) is 1.89. The Kier molecular flexibility index (Phi) is 8.98. The van der Waals surface area contributed by atoms with Crippen molar-refractivity contribution in [3.05, 3.63) is 35.4 Å². The van der Waals surface area contributed by atoms with Gasteiger partial charge in [0.2, 0.25) is 0 Å². The molecule has 0 aliphatic carbocycles. The predicted octanol–water partition coefficient (Wildman–Crippen LogP) is 3.64. The van der Waals surface area contributed by atoms with Gasteiger partial charge < -0.3 is 9.47 Å². The van der Waals surface area contributed by atoms with Crippen molar-refractivity contribution in [2.24, 2.45) is 4.99 Å². The maximum absolute atomic E-state index is 12.7. The van der Waals surface area contributed by atoms with Crippen LogP contribution in [0.3, 0.4) is 0 Å². The van der Waals surface area contributed by atoms with Gasteiger partial charge in [-0.15, -0.1) is 0 Å².